The van der Waals surface area contributed by atoms with Gasteiger partial charge in [-0.3, -0.25) is 15.2 Å². The molecular formula is C14H13N5O5. The van der Waals surface area contributed by atoms with Crippen LogP contribution >= 0.6 is 0 Å². The van der Waals surface area contributed by atoms with E-state index in [1.165, 1.54) is 7.11 Å². The smallest absolute Gasteiger partial charge is 0.362 e. The van der Waals surface area contributed by atoms with Crippen LogP contribution in [0.3, 0.4) is 0 Å². The Morgan fingerprint density at radius 3 is 2.58 bits per heavy atom. The number of aromatic amines is 1. The van der Waals surface area contributed by atoms with Gasteiger partial charge in [-0.05, 0) is 17.7 Å². The van der Waals surface area contributed by atoms with Gasteiger partial charge in [0.25, 0.3) is 5.89 Å². The van der Waals surface area contributed by atoms with Crippen molar-refractivity contribution in [2.75, 3.05) is 14.2 Å². The van der Waals surface area contributed by atoms with E-state index in [1.807, 2.05) is 24.3 Å². The second-order valence-electron chi connectivity index (χ2n) is 4.74. The van der Waals surface area contributed by atoms with Gasteiger partial charge < -0.3 is 13.9 Å². The third-order valence-corrected chi connectivity index (χ3v) is 3.28. The number of benzene rings is 1. The molecule has 0 unspecified atom stereocenters. The lowest BCUT2D eigenvalue weighted by atomic mass is 10.1. The zero-order chi connectivity index (χ0) is 17.1. The highest BCUT2D eigenvalue weighted by atomic mass is 16.6. The second kappa shape index (κ2) is 6.36. The van der Waals surface area contributed by atoms with Crippen LogP contribution in [0.2, 0.25) is 0 Å². The number of rotatable bonds is 6. The minimum atomic E-state index is -0.620. The molecule has 0 spiro atoms. The van der Waals surface area contributed by atoms with E-state index < -0.39 is 4.92 Å². The normalized spacial score (nSPS) is 10.6. The summed E-state index contributed by atoms with van der Waals surface area (Å²) in [6, 6.07) is 7.36. The Bertz CT molecular complexity index is 855. The number of nitrogens with zero attached hydrogens (tertiary/aromatic N) is 4. The van der Waals surface area contributed by atoms with Gasteiger partial charge in [0.05, 0.1) is 25.6 Å². The number of hydrogen-bond acceptors (Lipinski definition) is 8. The molecule has 0 atom stereocenters. The van der Waals surface area contributed by atoms with Gasteiger partial charge in [0, 0.05) is 0 Å². The monoisotopic (exact) mass is 331 g/mol. The number of methoxy groups -OCH3 is 2. The lowest BCUT2D eigenvalue weighted by Crippen LogP contribution is -1.93. The molecule has 24 heavy (non-hydrogen) atoms. The predicted octanol–water partition coefficient (Wildman–Crippen LogP) is 1.98. The highest BCUT2D eigenvalue weighted by Gasteiger charge is 2.30. The lowest BCUT2D eigenvalue weighted by molar-refractivity contribution is -0.385. The summed E-state index contributed by atoms with van der Waals surface area (Å²) in [4.78, 5) is 10.5. The van der Waals surface area contributed by atoms with E-state index >= 15 is 0 Å². The fraction of sp³-hybridized carbons (Fsp3) is 0.214. The van der Waals surface area contributed by atoms with E-state index in [9.17, 15) is 10.1 Å². The molecule has 10 heteroatoms. The molecule has 2 heterocycles. The first-order chi connectivity index (χ1) is 11.6. The van der Waals surface area contributed by atoms with Gasteiger partial charge in [-0.2, -0.15) is 0 Å². The number of nitrogens with one attached hydrogen (secondary N) is 1. The summed E-state index contributed by atoms with van der Waals surface area (Å²) in [5, 5.41) is 25.1. The summed E-state index contributed by atoms with van der Waals surface area (Å²) in [6.07, 6.45) is 0.385. The molecule has 3 aromatic rings. The average Bonchev–Trinajstić information content (AvgIpc) is 3.21. The standard InChI is InChI=1S/C14H13N5O5/c1-22-9-5-3-8(4-6-9)7-10-15-17-13(24-10)11-12(19(20)21)14(23-2)18-16-11/h3-6H,7H2,1-2H3,(H,16,18). The van der Waals surface area contributed by atoms with Crippen LogP contribution in [-0.2, 0) is 6.42 Å². The number of nitro groups is 1. The van der Waals surface area contributed by atoms with E-state index in [1.54, 1.807) is 7.11 Å². The number of aromatic nitrogens is 4. The van der Waals surface area contributed by atoms with Gasteiger partial charge in [-0.25, -0.2) is 0 Å². The topological polar surface area (TPSA) is 129 Å². The first-order valence-corrected chi connectivity index (χ1v) is 6.84. The first-order valence-electron chi connectivity index (χ1n) is 6.84. The summed E-state index contributed by atoms with van der Waals surface area (Å²) in [7, 11) is 2.88. The molecule has 2 aromatic heterocycles. The molecule has 10 nitrogen and oxygen atoms in total. The highest BCUT2D eigenvalue weighted by molar-refractivity contribution is 5.66. The SMILES string of the molecule is COc1ccc(Cc2nnc(-c3[nH]nc(OC)c3[N+](=O)[O-])o2)cc1. The molecule has 0 fully saturated rings. The Hall–Kier alpha value is -3.43. The number of ether oxygens (including phenoxy) is 2. The second-order valence-corrected chi connectivity index (χ2v) is 4.74. The van der Waals surface area contributed by atoms with Crippen LogP contribution in [0.25, 0.3) is 11.6 Å². The molecule has 124 valence electrons. The lowest BCUT2D eigenvalue weighted by Gasteiger charge is -2.00. The third kappa shape index (κ3) is 2.89. The van der Waals surface area contributed by atoms with E-state index in [4.69, 9.17) is 13.9 Å². The summed E-state index contributed by atoms with van der Waals surface area (Å²) >= 11 is 0. The Labute approximate surface area is 135 Å². The van der Waals surface area contributed by atoms with Crippen LogP contribution in [0.15, 0.2) is 28.7 Å². The third-order valence-electron chi connectivity index (χ3n) is 3.28. The zero-order valence-corrected chi connectivity index (χ0v) is 12.8. The van der Waals surface area contributed by atoms with Crippen molar-refractivity contribution >= 4 is 5.69 Å². The molecule has 0 aliphatic heterocycles. The van der Waals surface area contributed by atoms with Crippen molar-refractivity contribution in [2.45, 2.75) is 6.42 Å². The van der Waals surface area contributed by atoms with Gasteiger partial charge in [0.15, 0.2) is 0 Å². The molecule has 3 rings (SSSR count). The Morgan fingerprint density at radius 2 is 1.96 bits per heavy atom. The van der Waals surface area contributed by atoms with Crippen LogP contribution in [0.5, 0.6) is 11.6 Å². The summed E-state index contributed by atoms with van der Waals surface area (Å²) < 4.78 is 15.4. The van der Waals surface area contributed by atoms with Gasteiger partial charge in [0.1, 0.15) is 5.75 Å². The molecule has 0 amide bonds. The molecule has 0 aliphatic carbocycles. The highest BCUT2D eigenvalue weighted by Crippen LogP contribution is 2.34. The number of hydrogen-bond donors (Lipinski definition) is 1. The minimum absolute atomic E-state index is 0.00494. The summed E-state index contributed by atoms with van der Waals surface area (Å²) in [6.45, 7) is 0. The van der Waals surface area contributed by atoms with Gasteiger partial charge >= 0.3 is 11.6 Å². The van der Waals surface area contributed by atoms with E-state index in [0.29, 0.717) is 12.3 Å². The summed E-state index contributed by atoms with van der Waals surface area (Å²) in [5.41, 5.74) is 0.588. The first kappa shape index (κ1) is 15.5. The Morgan fingerprint density at radius 1 is 1.21 bits per heavy atom. The zero-order valence-electron chi connectivity index (χ0n) is 12.8. The fourth-order valence-corrected chi connectivity index (χ4v) is 2.12. The molecule has 1 N–H and O–H groups in total. The molecule has 0 aliphatic rings. The summed E-state index contributed by atoms with van der Waals surface area (Å²) in [5.74, 6) is 0.883. The quantitative estimate of drug-likeness (QED) is 0.536. The molecule has 0 bridgehead atoms. The maximum Gasteiger partial charge on any atom is 0.362 e. The van der Waals surface area contributed by atoms with Crippen LogP contribution in [0.4, 0.5) is 5.69 Å². The number of H-pyrrole nitrogens is 1. The average molecular weight is 331 g/mol. The predicted molar refractivity (Wildman–Crippen MR) is 80.9 cm³/mol. The maximum absolute atomic E-state index is 11.2. The van der Waals surface area contributed by atoms with E-state index in [0.717, 1.165) is 11.3 Å². The molecule has 0 radical (unpaired) electrons. The van der Waals surface area contributed by atoms with Crippen LogP contribution in [0, 0.1) is 10.1 Å². The van der Waals surface area contributed by atoms with Crippen molar-refractivity contribution < 1.29 is 18.8 Å². The van der Waals surface area contributed by atoms with Crippen LogP contribution in [-0.4, -0.2) is 39.5 Å². The van der Waals surface area contributed by atoms with E-state index in [-0.39, 0.29) is 23.2 Å². The Kier molecular flexibility index (Phi) is 4.10. The fourth-order valence-electron chi connectivity index (χ4n) is 2.12. The van der Waals surface area contributed by atoms with Gasteiger partial charge in [-0.1, -0.05) is 12.1 Å². The van der Waals surface area contributed by atoms with E-state index in [2.05, 4.69) is 20.4 Å². The molecule has 0 saturated carbocycles. The van der Waals surface area contributed by atoms with Crippen LogP contribution < -0.4 is 9.47 Å². The van der Waals surface area contributed by atoms with Crippen molar-refractivity contribution in [1.82, 2.24) is 20.4 Å². The van der Waals surface area contributed by atoms with Crippen molar-refractivity contribution in [3.05, 3.63) is 45.8 Å². The minimum Gasteiger partial charge on any atom is -0.497 e. The van der Waals surface area contributed by atoms with Gasteiger partial charge in [-0.15, -0.1) is 15.3 Å². The van der Waals surface area contributed by atoms with Crippen molar-refractivity contribution in [3.8, 4) is 23.2 Å². The maximum atomic E-state index is 11.2. The Balaban J connectivity index is 1.85. The molecule has 1 aromatic carbocycles. The largest absolute Gasteiger partial charge is 0.497 e. The van der Waals surface area contributed by atoms with Gasteiger partial charge in [0.2, 0.25) is 11.6 Å². The van der Waals surface area contributed by atoms with Crippen molar-refractivity contribution in [3.63, 3.8) is 0 Å². The van der Waals surface area contributed by atoms with Crippen molar-refractivity contribution in [1.29, 1.82) is 0 Å². The van der Waals surface area contributed by atoms with Crippen LogP contribution in [0.1, 0.15) is 11.5 Å². The van der Waals surface area contributed by atoms with Crippen molar-refractivity contribution in [2.24, 2.45) is 0 Å². The molecule has 0 saturated heterocycles. The molecular weight excluding hydrogens is 318 g/mol.